The minimum atomic E-state index is -4.77. The van der Waals surface area contributed by atoms with E-state index >= 15 is 0 Å². The van der Waals surface area contributed by atoms with E-state index in [4.69, 9.17) is 5.73 Å². The number of carbonyl (C=O) groups is 1. The summed E-state index contributed by atoms with van der Waals surface area (Å²) in [5.74, 6) is -0.854. The van der Waals surface area contributed by atoms with Crippen molar-refractivity contribution in [2.75, 3.05) is 5.32 Å². The smallest absolute Gasteiger partial charge is 0.406 e. The minimum Gasteiger partial charge on any atom is -0.406 e. The number of nitrogens with one attached hydrogen (secondary N) is 1. The summed E-state index contributed by atoms with van der Waals surface area (Å²) in [7, 11) is 0. The zero-order chi connectivity index (χ0) is 15.4. The number of anilines is 1. The predicted molar refractivity (Wildman–Crippen MR) is 76.5 cm³/mol. The van der Waals surface area contributed by atoms with Gasteiger partial charge in [0, 0.05) is 11.8 Å². The van der Waals surface area contributed by atoms with Crippen LogP contribution in [-0.2, 0) is 4.79 Å². The van der Waals surface area contributed by atoms with Gasteiger partial charge >= 0.3 is 6.36 Å². The molecule has 1 aromatic rings. The second-order valence-electron chi connectivity index (χ2n) is 4.70. The van der Waals surface area contributed by atoms with Crippen LogP contribution < -0.4 is 15.8 Å². The fraction of sp³-hybridized carbons (Fsp3) is 0.462. The minimum absolute atomic E-state index is 0. The van der Waals surface area contributed by atoms with Gasteiger partial charge in [-0.1, -0.05) is 19.4 Å². The molecule has 0 heterocycles. The Kier molecular flexibility index (Phi) is 6.99. The lowest BCUT2D eigenvalue weighted by Crippen LogP contribution is -2.48. The third kappa shape index (κ3) is 6.68. The van der Waals surface area contributed by atoms with Gasteiger partial charge < -0.3 is 15.8 Å². The Morgan fingerprint density at radius 3 is 2.52 bits per heavy atom. The van der Waals surface area contributed by atoms with Gasteiger partial charge in [-0.2, -0.15) is 0 Å². The third-order valence-corrected chi connectivity index (χ3v) is 2.61. The highest BCUT2D eigenvalue weighted by molar-refractivity contribution is 5.97. The first kappa shape index (κ1) is 19.5. The number of ether oxygens (including phenoxy) is 1. The Morgan fingerprint density at radius 1 is 1.38 bits per heavy atom. The maximum Gasteiger partial charge on any atom is 0.573 e. The molecule has 1 atom stereocenters. The number of carbonyl (C=O) groups excluding carboxylic acids is 1. The topological polar surface area (TPSA) is 64.4 Å². The summed E-state index contributed by atoms with van der Waals surface area (Å²) >= 11 is 0. The molecule has 0 saturated carbocycles. The number of amides is 1. The number of nitrogens with two attached hydrogens (primary N) is 1. The molecule has 1 amide bonds. The Morgan fingerprint density at radius 2 is 2.00 bits per heavy atom. The monoisotopic (exact) mass is 326 g/mol. The molecule has 0 radical (unpaired) electrons. The van der Waals surface area contributed by atoms with Crippen LogP contribution in [0.25, 0.3) is 0 Å². The van der Waals surface area contributed by atoms with Crippen LogP contribution in [0.5, 0.6) is 5.75 Å². The number of rotatable bonds is 5. The van der Waals surface area contributed by atoms with Crippen molar-refractivity contribution < 1.29 is 22.7 Å². The number of benzene rings is 1. The molecule has 0 fully saturated rings. The number of alkyl halides is 3. The van der Waals surface area contributed by atoms with E-state index < -0.39 is 23.6 Å². The van der Waals surface area contributed by atoms with E-state index in [1.54, 1.807) is 6.92 Å². The lowest BCUT2D eigenvalue weighted by atomic mass is 9.96. The summed E-state index contributed by atoms with van der Waals surface area (Å²) in [5.41, 5.74) is 4.96. The van der Waals surface area contributed by atoms with Crippen molar-refractivity contribution in [2.45, 2.75) is 38.6 Å². The van der Waals surface area contributed by atoms with E-state index in [-0.39, 0.29) is 18.1 Å². The maximum atomic E-state index is 12.1. The van der Waals surface area contributed by atoms with Gasteiger partial charge in [-0.15, -0.1) is 25.6 Å². The van der Waals surface area contributed by atoms with E-state index in [9.17, 15) is 18.0 Å². The second-order valence-corrected chi connectivity index (χ2v) is 4.70. The van der Waals surface area contributed by atoms with E-state index in [0.29, 0.717) is 6.42 Å². The average molecular weight is 327 g/mol. The summed E-state index contributed by atoms with van der Waals surface area (Å²) < 4.78 is 40.1. The van der Waals surface area contributed by atoms with Crippen molar-refractivity contribution in [3.8, 4) is 5.75 Å². The Hall–Kier alpha value is -1.47. The molecule has 0 aliphatic carbocycles. The van der Waals surface area contributed by atoms with E-state index in [2.05, 4.69) is 10.1 Å². The molecule has 0 aliphatic rings. The highest BCUT2D eigenvalue weighted by atomic mass is 35.5. The van der Waals surface area contributed by atoms with Gasteiger partial charge in [0.25, 0.3) is 0 Å². The van der Waals surface area contributed by atoms with Crippen molar-refractivity contribution in [3.63, 3.8) is 0 Å². The van der Waals surface area contributed by atoms with Crippen LogP contribution in [0.3, 0.4) is 0 Å². The van der Waals surface area contributed by atoms with Crippen LogP contribution in [0.15, 0.2) is 24.3 Å². The first-order valence-electron chi connectivity index (χ1n) is 6.10. The molecular weight excluding hydrogens is 309 g/mol. The quantitative estimate of drug-likeness (QED) is 0.871. The van der Waals surface area contributed by atoms with Crippen LogP contribution in [0.4, 0.5) is 18.9 Å². The standard InChI is InChI=1S/C13H17F3N2O2.ClH/c1-3-7-12(2,17)11(19)18-9-5-4-6-10(8-9)20-13(14,15)16;/h4-6,8H,3,7,17H2,1-2H3,(H,18,19);1H. The number of hydrogen-bond acceptors (Lipinski definition) is 3. The largest absolute Gasteiger partial charge is 0.573 e. The molecule has 21 heavy (non-hydrogen) atoms. The molecular formula is C13H18ClF3N2O2. The molecule has 0 spiro atoms. The first-order chi connectivity index (χ1) is 9.14. The molecule has 0 saturated heterocycles. The molecule has 0 aromatic heterocycles. The lowest BCUT2D eigenvalue weighted by molar-refractivity contribution is -0.274. The summed E-state index contributed by atoms with van der Waals surface area (Å²) in [6, 6.07) is 5.05. The van der Waals surface area contributed by atoms with Crippen LogP contribution in [0.2, 0.25) is 0 Å². The van der Waals surface area contributed by atoms with E-state index in [0.717, 1.165) is 18.6 Å². The summed E-state index contributed by atoms with van der Waals surface area (Å²) in [6.07, 6.45) is -3.58. The van der Waals surface area contributed by atoms with E-state index in [1.807, 2.05) is 6.92 Å². The molecule has 3 N–H and O–H groups in total. The molecule has 1 unspecified atom stereocenters. The summed E-state index contributed by atoms with van der Waals surface area (Å²) in [5, 5.41) is 2.48. The predicted octanol–water partition coefficient (Wildman–Crippen LogP) is 3.46. The molecule has 0 bridgehead atoms. The van der Waals surface area contributed by atoms with E-state index in [1.165, 1.54) is 12.1 Å². The van der Waals surface area contributed by atoms with Gasteiger partial charge in [0.05, 0.1) is 5.54 Å². The zero-order valence-corrected chi connectivity index (χ0v) is 12.5. The van der Waals surface area contributed by atoms with Crippen LogP contribution in [0, 0.1) is 0 Å². The number of halogens is 4. The zero-order valence-electron chi connectivity index (χ0n) is 11.7. The Labute approximate surface area is 127 Å². The van der Waals surface area contributed by atoms with Crippen molar-refractivity contribution in [3.05, 3.63) is 24.3 Å². The molecule has 1 rings (SSSR count). The van der Waals surface area contributed by atoms with Crippen LogP contribution in [-0.4, -0.2) is 17.8 Å². The molecule has 1 aromatic carbocycles. The van der Waals surface area contributed by atoms with Gasteiger partial charge in [-0.05, 0) is 25.5 Å². The Bertz CT molecular complexity index is 479. The molecule has 8 heteroatoms. The van der Waals surface area contributed by atoms with Crippen molar-refractivity contribution >= 4 is 24.0 Å². The molecule has 0 aliphatic heterocycles. The molecule has 120 valence electrons. The highest BCUT2D eigenvalue weighted by Gasteiger charge is 2.31. The molecule has 4 nitrogen and oxygen atoms in total. The highest BCUT2D eigenvalue weighted by Crippen LogP contribution is 2.25. The van der Waals surface area contributed by atoms with Gasteiger partial charge in [-0.25, -0.2) is 0 Å². The SMILES string of the molecule is CCCC(C)(N)C(=O)Nc1cccc(OC(F)(F)F)c1.Cl. The fourth-order valence-electron chi connectivity index (χ4n) is 1.68. The first-order valence-corrected chi connectivity index (χ1v) is 6.10. The maximum absolute atomic E-state index is 12.1. The Balaban J connectivity index is 0.00000400. The van der Waals surface area contributed by atoms with Gasteiger partial charge in [0.15, 0.2) is 0 Å². The van der Waals surface area contributed by atoms with Gasteiger partial charge in [0.1, 0.15) is 5.75 Å². The summed E-state index contributed by atoms with van der Waals surface area (Å²) in [6.45, 7) is 3.46. The van der Waals surface area contributed by atoms with Gasteiger partial charge in [0.2, 0.25) is 5.91 Å². The van der Waals surface area contributed by atoms with Crippen LogP contribution in [0.1, 0.15) is 26.7 Å². The lowest BCUT2D eigenvalue weighted by Gasteiger charge is -2.23. The van der Waals surface area contributed by atoms with Crippen molar-refractivity contribution in [1.29, 1.82) is 0 Å². The number of hydrogen-bond donors (Lipinski definition) is 2. The van der Waals surface area contributed by atoms with Gasteiger partial charge in [-0.3, -0.25) is 4.79 Å². The normalized spacial score (nSPS) is 13.8. The van der Waals surface area contributed by atoms with Crippen molar-refractivity contribution in [1.82, 2.24) is 0 Å². The fourth-order valence-corrected chi connectivity index (χ4v) is 1.68. The summed E-state index contributed by atoms with van der Waals surface area (Å²) in [4.78, 5) is 11.9. The average Bonchev–Trinajstić information content (AvgIpc) is 2.26. The van der Waals surface area contributed by atoms with Crippen LogP contribution >= 0.6 is 12.4 Å². The third-order valence-electron chi connectivity index (χ3n) is 2.61. The second kappa shape index (κ2) is 7.51. The van der Waals surface area contributed by atoms with Crippen molar-refractivity contribution in [2.24, 2.45) is 5.73 Å².